The van der Waals surface area contributed by atoms with Gasteiger partial charge in [0.1, 0.15) is 6.61 Å². The largest absolute Gasteiger partial charge is 0.462 e. The number of ether oxygens (including phenoxy) is 1. The zero-order chi connectivity index (χ0) is 11.4. The molecule has 0 saturated heterocycles. The molecule has 0 amide bonds. The standard InChI is InChI=1S/C8H14FNO4/c1-6(2)7(11)14-5-8(3,9)4-10(12)13/h6H,4-5H2,1-3H3. The smallest absolute Gasteiger partial charge is 0.308 e. The van der Waals surface area contributed by atoms with Crippen molar-refractivity contribution < 1.29 is 18.8 Å². The second kappa shape index (κ2) is 4.88. The number of hydrogen-bond acceptors (Lipinski definition) is 4. The molecule has 0 aliphatic carbocycles. The third kappa shape index (κ3) is 5.45. The third-order valence-electron chi connectivity index (χ3n) is 1.45. The molecule has 0 radical (unpaired) electrons. The second-order valence-corrected chi connectivity index (χ2v) is 3.67. The van der Waals surface area contributed by atoms with Crippen molar-refractivity contribution in [1.82, 2.24) is 0 Å². The number of esters is 1. The van der Waals surface area contributed by atoms with Crippen LogP contribution in [-0.2, 0) is 9.53 Å². The van der Waals surface area contributed by atoms with Gasteiger partial charge >= 0.3 is 5.97 Å². The fourth-order valence-corrected chi connectivity index (χ4v) is 0.703. The highest BCUT2D eigenvalue weighted by Gasteiger charge is 2.32. The molecule has 0 aromatic heterocycles. The predicted octanol–water partition coefficient (Wildman–Crippen LogP) is 1.19. The van der Waals surface area contributed by atoms with E-state index < -0.39 is 29.7 Å². The van der Waals surface area contributed by atoms with Crippen molar-refractivity contribution in [2.24, 2.45) is 5.92 Å². The third-order valence-corrected chi connectivity index (χ3v) is 1.45. The first-order chi connectivity index (χ1) is 6.24. The predicted molar refractivity (Wildman–Crippen MR) is 47.2 cm³/mol. The van der Waals surface area contributed by atoms with Crippen molar-refractivity contribution in [2.45, 2.75) is 26.4 Å². The van der Waals surface area contributed by atoms with Crippen LogP contribution in [0.15, 0.2) is 0 Å². The minimum Gasteiger partial charge on any atom is -0.462 e. The van der Waals surface area contributed by atoms with E-state index in [1.165, 1.54) is 0 Å². The van der Waals surface area contributed by atoms with Crippen LogP contribution in [-0.4, -0.2) is 29.7 Å². The SMILES string of the molecule is CC(C)C(=O)OCC(C)(F)C[N+](=O)[O-]. The Hall–Kier alpha value is -1.20. The van der Waals surface area contributed by atoms with E-state index in [9.17, 15) is 19.3 Å². The van der Waals surface area contributed by atoms with Gasteiger partial charge < -0.3 is 4.74 Å². The molecule has 0 aliphatic heterocycles. The van der Waals surface area contributed by atoms with E-state index in [1.807, 2.05) is 0 Å². The molecule has 5 nitrogen and oxygen atoms in total. The van der Waals surface area contributed by atoms with Gasteiger partial charge in [0.2, 0.25) is 12.2 Å². The average Bonchev–Trinajstić information content (AvgIpc) is 1.97. The number of halogens is 1. The lowest BCUT2D eigenvalue weighted by Crippen LogP contribution is -2.35. The molecule has 0 saturated carbocycles. The summed E-state index contributed by atoms with van der Waals surface area (Å²) in [6.45, 7) is 2.80. The normalized spacial score (nSPS) is 14.9. The molecular formula is C8H14FNO4. The monoisotopic (exact) mass is 207 g/mol. The van der Waals surface area contributed by atoms with Gasteiger partial charge in [-0.05, 0) is 6.92 Å². The van der Waals surface area contributed by atoms with Gasteiger partial charge in [0, 0.05) is 4.92 Å². The molecule has 0 fully saturated rings. The number of nitro groups is 1. The van der Waals surface area contributed by atoms with Gasteiger partial charge in [0.05, 0.1) is 5.92 Å². The molecule has 0 aliphatic rings. The molecule has 1 unspecified atom stereocenters. The molecule has 0 heterocycles. The molecule has 1 atom stereocenters. The number of carbonyl (C=O) groups excluding carboxylic acids is 1. The van der Waals surface area contributed by atoms with Crippen LogP contribution in [0.2, 0.25) is 0 Å². The number of carbonyl (C=O) groups is 1. The summed E-state index contributed by atoms with van der Waals surface area (Å²) in [4.78, 5) is 20.2. The Bertz CT molecular complexity index is 227. The molecule has 0 bridgehead atoms. The van der Waals surface area contributed by atoms with Crippen molar-refractivity contribution >= 4 is 5.97 Å². The van der Waals surface area contributed by atoms with Gasteiger partial charge in [-0.1, -0.05) is 13.8 Å². The lowest BCUT2D eigenvalue weighted by Gasteiger charge is -2.16. The fourth-order valence-electron chi connectivity index (χ4n) is 0.703. The van der Waals surface area contributed by atoms with Crippen LogP contribution in [0.5, 0.6) is 0 Å². The quantitative estimate of drug-likeness (QED) is 0.385. The zero-order valence-corrected chi connectivity index (χ0v) is 8.45. The van der Waals surface area contributed by atoms with E-state index in [0.717, 1.165) is 6.92 Å². The van der Waals surface area contributed by atoms with Crippen LogP contribution in [0.25, 0.3) is 0 Å². The first kappa shape index (κ1) is 12.8. The van der Waals surface area contributed by atoms with Crippen LogP contribution in [0.3, 0.4) is 0 Å². The molecular weight excluding hydrogens is 193 g/mol. The number of alkyl halides is 1. The van der Waals surface area contributed by atoms with Gasteiger partial charge in [-0.2, -0.15) is 0 Å². The van der Waals surface area contributed by atoms with Crippen LogP contribution >= 0.6 is 0 Å². The molecule has 0 aromatic rings. The van der Waals surface area contributed by atoms with Crippen molar-refractivity contribution in [2.75, 3.05) is 13.2 Å². The summed E-state index contributed by atoms with van der Waals surface area (Å²) in [5.41, 5.74) is -2.10. The lowest BCUT2D eigenvalue weighted by molar-refractivity contribution is -0.496. The van der Waals surface area contributed by atoms with E-state index in [-0.39, 0.29) is 5.92 Å². The number of hydrogen-bond donors (Lipinski definition) is 0. The average molecular weight is 207 g/mol. The van der Waals surface area contributed by atoms with Crippen LogP contribution in [0.1, 0.15) is 20.8 Å². The maximum Gasteiger partial charge on any atom is 0.308 e. The minimum atomic E-state index is -2.10. The van der Waals surface area contributed by atoms with Crippen LogP contribution in [0, 0.1) is 16.0 Å². The minimum absolute atomic E-state index is 0.360. The molecule has 82 valence electrons. The Morgan fingerprint density at radius 3 is 2.50 bits per heavy atom. The molecule has 6 heteroatoms. The van der Waals surface area contributed by atoms with Crippen molar-refractivity contribution in [3.05, 3.63) is 10.1 Å². The van der Waals surface area contributed by atoms with E-state index in [4.69, 9.17) is 0 Å². The Kier molecular flexibility index (Phi) is 4.46. The lowest BCUT2D eigenvalue weighted by atomic mass is 10.1. The van der Waals surface area contributed by atoms with Crippen molar-refractivity contribution in [3.8, 4) is 0 Å². The number of rotatable bonds is 5. The summed E-state index contributed by atoms with van der Waals surface area (Å²) >= 11 is 0. The van der Waals surface area contributed by atoms with E-state index in [1.54, 1.807) is 13.8 Å². The van der Waals surface area contributed by atoms with Gasteiger partial charge in [0.25, 0.3) is 0 Å². The second-order valence-electron chi connectivity index (χ2n) is 3.67. The highest BCUT2D eigenvalue weighted by Crippen LogP contribution is 2.11. The van der Waals surface area contributed by atoms with E-state index >= 15 is 0 Å². The van der Waals surface area contributed by atoms with Crippen LogP contribution in [0.4, 0.5) is 4.39 Å². The molecule has 14 heavy (non-hydrogen) atoms. The maximum absolute atomic E-state index is 13.2. The van der Waals surface area contributed by atoms with Crippen molar-refractivity contribution in [1.29, 1.82) is 0 Å². The molecule has 0 rings (SSSR count). The first-order valence-electron chi connectivity index (χ1n) is 4.22. The fraction of sp³-hybridized carbons (Fsp3) is 0.875. The first-order valence-corrected chi connectivity index (χ1v) is 4.22. The maximum atomic E-state index is 13.2. The van der Waals surface area contributed by atoms with E-state index in [2.05, 4.69) is 4.74 Å². The molecule has 0 N–H and O–H groups in total. The Balaban J connectivity index is 3.98. The summed E-state index contributed by atoms with van der Waals surface area (Å²) in [5.74, 6) is -0.918. The van der Waals surface area contributed by atoms with Gasteiger partial charge in [-0.25, -0.2) is 4.39 Å². The summed E-state index contributed by atoms with van der Waals surface area (Å²) < 4.78 is 17.8. The summed E-state index contributed by atoms with van der Waals surface area (Å²) in [6, 6.07) is 0. The van der Waals surface area contributed by atoms with Crippen LogP contribution < -0.4 is 0 Å². The van der Waals surface area contributed by atoms with E-state index in [0.29, 0.717) is 0 Å². The molecule has 0 spiro atoms. The van der Waals surface area contributed by atoms with Crippen molar-refractivity contribution in [3.63, 3.8) is 0 Å². The van der Waals surface area contributed by atoms with Gasteiger partial charge in [-0.15, -0.1) is 0 Å². The van der Waals surface area contributed by atoms with Gasteiger partial charge in [0.15, 0.2) is 0 Å². The highest BCUT2D eigenvalue weighted by molar-refractivity contribution is 5.71. The Morgan fingerprint density at radius 2 is 2.14 bits per heavy atom. The topological polar surface area (TPSA) is 69.4 Å². The number of nitrogens with zero attached hydrogens (tertiary/aromatic N) is 1. The summed E-state index contributed by atoms with van der Waals surface area (Å²) in [6.07, 6.45) is 0. The summed E-state index contributed by atoms with van der Waals surface area (Å²) in [5, 5.41) is 10.0. The Morgan fingerprint density at radius 1 is 1.64 bits per heavy atom. The van der Waals surface area contributed by atoms with Gasteiger partial charge in [-0.3, -0.25) is 14.9 Å². The zero-order valence-electron chi connectivity index (χ0n) is 8.45. The molecule has 0 aromatic carbocycles. The Labute approximate surface area is 81.4 Å². The highest BCUT2D eigenvalue weighted by atomic mass is 19.1. The summed E-state index contributed by atoms with van der Waals surface area (Å²) in [7, 11) is 0.